The molecule has 2 rings (SSSR count). The lowest BCUT2D eigenvalue weighted by molar-refractivity contribution is 0.0689. The lowest BCUT2D eigenvalue weighted by Gasteiger charge is -2.08. The van der Waals surface area contributed by atoms with Crippen molar-refractivity contribution in [2.45, 2.75) is 19.9 Å². The number of hydrogen-bond acceptors (Lipinski definition) is 3. The molecule has 1 N–H and O–H groups in total. The molecule has 1 aromatic heterocycles. The van der Waals surface area contributed by atoms with Crippen molar-refractivity contribution >= 4 is 5.97 Å². The SMILES string of the molecule is COc1ccccc1CCn1nc(C(=O)O)cc1C. The van der Waals surface area contributed by atoms with Crippen LogP contribution in [0.5, 0.6) is 5.75 Å². The Labute approximate surface area is 111 Å². The first-order chi connectivity index (χ1) is 9.11. The van der Waals surface area contributed by atoms with E-state index in [4.69, 9.17) is 9.84 Å². The summed E-state index contributed by atoms with van der Waals surface area (Å²) in [5.41, 5.74) is 2.00. The van der Waals surface area contributed by atoms with Gasteiger partial charge in [-0.05, 0) is 31.0 Å². The maximum Gasteiger partial charge on any atom is 0.356 e. The van der Waals surface area contributed by atoms with Crippen LogP contribution in [0.4, 0.5) is 0 Å². The molecule has 5 nitrogen and oxygen atoms in total. The molecule has 0 saturated heterocycles. The number of methoxy groups -OCH3 is 1. The molecular weight excluding hydrogens is 244 g/mol. The summed E-state index contributed by atoms with van der Waals surface area (Å²) in [5.74, 6) is -0.162. The molecule has 0 amide bonds. The van der Waals surface area contributed by atoms with E-state index in [-0.39, 0.29) is 5.69 Å². The van der Waals surface area contributed by atoms with Crippen molar-refractivity contribution in [3.05, 3.63) is 47.3 Å². The Bertz CT molecular complexity index is 590. The summed E-state index contributed by atoms with van der Waals surface area (Å²) in [5, 5.41) is 13.0. The number of aromatic carboxylic acids is 1. The zero-order valence-corrected chi connectivity index (χ0v) is 11.0. The average Bonchev–Trinajstić information content (AvgIpc) is 2.78. The maximum atomic E-state index is 10.8. The summed E-state index contributed by atoms with van der Waals surface area (Å²) in [7, 11) is 1.64. The third kappa shape index (κ3) is 2.93. The van der Waals surface area contributed by atoms with Gasteiger partial charge >= 0.3 is 5.97 Å². The van der Waals surface area contributed by atoms with Gasteiger partial charge in [0.2, 0.25) is 0 Å². The molecule has 0 aliphatic rings. The smallest absolute Gasteiger partial charge is 0.356 e. The number of carbonyl (C=O) groups is 1. The molecule has 0 aliphatic heterocycles. The summed E-state index contributed by atoms with van der Waals surface area (Å²) in [6, 6.07) is 9.36. The monoisotopic (exact) mass is 260 g/mol. The van der Waals surface area contributed by atoms with Gasteiger partial charge in [-0.1, -0.05) is 18.2 Å². The molecule has 2 aromatic rings. The largest absolute Gasteiger partial charge is 0.496 e. The van der Waals surface area contributed by atoms with Crippen LogP contribution in [0.3, 0.4) is 0 Å². The van der Waals surface area contributed by atoms with Crippen molar-refractivity contribution < 1.29 is 14.6 Å². The first-order valence-corrected chi connectivity index (χ1v) is 6.01. The van der Waals surface area contributed by atoms with Crippen LogP contribution in [-0.4, -0.2) is 28.0 Å². The second-order valence-corrected chi connectivity index (χ2v) is 4.26. The van der Waals surface area contributed by atoms with Gasteiger partial charge in [-0.2, -0.15) is 5.10 Å². The van der Waals surface area contributed by atoms with E-state index in [2.05, 4.69) is 5.10 Å². The quantitative estimate of drug-likeness (QED) is 0.894. The third-order valence-electron chi connectivity index (χ3n) is 2.99. The van der Waals surface area contributed by atoms with Crippen molar-refractivity contribution in [1.82, 2.24) is 9.78 Å². The lowest BCUT2D eigenvalue weighted by atomic mass is 10.1. The number of aromatic nitrogens is 2. The molecule has 0 bridgehead atoms. The van der Waals surface area contributed by atoms with E-state index in [9.17, 15) is 4.79 Å². The minimum Gasteiger partial charge on any atom is -0.496 e. The predicted molar refractivity (Wildman–Crippen MR) is 70.6 cm³/mol. The Kier molecular flexibility index (Phi) is 3.85. The number of carboxylic acids is 1. The molecule has 5 heteroatoms. The van der Waals surface area contributed by atoms with E-state index in [0.717, 1.165) is 23.4 Å². The van der Waals surface area contributed by atoms with E-state index < -0.39 is 5.97 Å². The molecule has 19 heavy (non-hydrogen) atoms. The number of nitrogens with zero attached hydrogens (tertiary/aromatic N) is 2. The van der Waals surface area contributed by atoms with Gasteiger partial charge in [0.1, 0.15) is 5.75 Å². The Morgan fingerprint density at radius 3 is 2.79 bits per heavy atom. The van der Waals surface area contributed by atoms with Crippen LogP contribution in [-0.2, 0) is 13.0 Å². The van der Waals surface area contributed by atoms with Crippen LogP contribution >= 0.6 is 0 Å². The summed E-state index contributed by atoms with van der Waals surface area (Å²) >= 11 is 0. The molecule has 0 spiro atoms. The topological polar surface area (TPSA) is 64.4 Å². The number of ether oxygens (including phenoxy) is 1. The highest BCUT2D eigenvalue weighted by Crippen LogP contribution is 2.18. The second-order valence-electron chi connectivity index (χ2n) is 4.26. The number of aryl methyl sites for hydroxylation is 3. The molecule has 0 fully saturated rings. The minimum absolute atomic E-state index is 0.0810. The summed E-state index contributed by atoms with van der Waals surface area (Å²) in [6.07, 6.45) is 0.742. The molecule has 1 heterocycles. The average molecular weight is 260 g/mol. The van der Waals surface area contributed by atoms with Crippen LogP contribution in [0.15, 0.2) is 30.3 Å². The highest BCUT2D eigenvalue weighted by atomic mass is 16.5. The van der Waals surface area contributed by atoms with E-state index >= 15 is 0 Å². The first kappa shape index (κ1) is 13.1. The highest BCUT2D eigenvalue weighted by Gasteiger charge is 2.11. The maximum absolute atomic E-state index is 10.8. The molecule has 0 radical (unpaired) electrons. The van der Waals surface area contributed by atoms with Gasteiger partial charge in [0.15, 0.2) is 5.69 Å². The van der Waals surface area contributed by atoms with Crippen molar-refractivity contribution in [2.75, 3.05) is 7.11 Å². The summed E-state index contributed by atoms with van der Waals surface area (Å²) in [4.78, 5) is 10.8. The molecule has 100 valence electrons. The number of carboxylic acid groups (broad SMARTS) is 1. The fraction of sp³-hybridized carbons (Fsp3) is 0.286. The zero-order chi connectivity index (χ0) is 13.8. The summed E-state index contributed by atoms with van der Waals surface area (Å²) in [6.45, 7) is 2.47. The minimum atomic E-state index is -1.00. The van der Waals surface area contributed by atoms with Crippen LogP contribution in [0.2, 0.25) is 0 Å². The molecule has 0 atom stereocenters. The molecule has 0 unspecified atom stereocenters. The van der Waals surface area contributed by atoms with Gasteiger partial charge in [-0.25, -0.2) is 4.79 Å². The summed E-state index contributed by atoms with van der Waals surface area (Å²) < 4.78 is 6.99. The molecule has 1 aromatic carbocycles. The number of rotatable bonds is 5. The standard InChI is InChI=1S/C14H16N2O3/c1-10-9-12(14(17)18)15-16(10)8-7-11-5-3-4-6-13(11)19-2/h3-6,9H,7-8H2,1-2H3,(H,17,18). The van der Waals surface area contributed by atoms with E-state index in [1.165, 1.54) is 0 Å². The van der Waals surface area contributed by atoms with Crippen LogP contribution in [0, 0.1) is 6.92 Å². The van der Waals surface area contributed by atoms with Gasteiger partial charge in [0.25, 0.3) is 0 Å². The Morgan fingerprint density at radius 2 is 2.16 bits per heavy atom. The molecule has 0 aliphatic carbocycles. The fourth-order valence-electron chi connectivity index (χ4n) is 1.98. The van der Waals surface area contributed by atoms with Gasteiger partial charge in [-0.3, -0.25) is 4.68 Å². The Hall–Kier alpha value is -2.30. The molecule has 0 saturated carbocycles. The van der Waals surface area contributed by atoms with Crippen molar-refractivity contribution in [3.63, 3.8) is 0 Å². The lowest BCUT2D eigenvalue weighted by Crippen LogP contribution is -2.07. The van der Waals surface area contributed by atoms with Crippen molar-refractivity contribution in [3.8, 4) is 5.75 Å². The van der Waals surface area contributed by atoms with Gasteiger partial charge in [0, 0.05) is 12.2 Å². The fourth-order valence-corrected chi connectivity index (χ4v) is 1.98. The second kappa shape index (κ2) is 5.56. The van der Waals surface area contributed by atoms with E-state index in [1.54, 1.807) is 17.9 Å². The number of para-hydroxylation sites is 1. The van der Waals surface area contributed by atoms with Gasteiger partial charge < -0.3 is 9.84 Å². The van der Waals surface area contributed by atoms with E-state index in [1.807, 2.05) is 31.2 Å². The Balaban J connectivity index is 2.12. The van der Waals surface area contributed by atoms with Crippen LogP contribution in [0.1, 0.15) is 21.7 Å². The van der Waals surface area contributed by atoms with E-state index in [0.29, 0.717) is 6.54 Å². The van der Waals surface area contributed by atoms with Crippen LogP contribution < -0.4 is 4.74 Å². The van der Waals surface area contributed by atoms with Gasteiger partial charge in [-0.15, -0.1) is 0 Å². The van der Waals surface area contributed by atoms with Gasteiger partial charge in [0.05, 0.1) is 7.11 Å². The Morgan fingerprint density at radius 1 is 1.42 bits per heavy atom. The number of hydrogen-bond donors (Lipinski definition) is 1. The molecular formula is C14H16N2O3. The number of benzene rings is 1. The highest BCUT2D eigenvalue weighted by molar-refractivity contribution is 5.85. The zero-order valence-electron chi connectivity index (χ0n) is 11.0. The van der Waals surface area contributed by atoms with Crippen molar-refractivity contribution in [1.29, 1.82) is 0 Å². The normalized spacial score (nSPS) is 10.4. The third-order valence-corrected chi connectivity index (χ3v) is 2.99. The van der Waals surface area contributed by atoms with Crippen molar-refractivity contribution in [2.24, 2.45) is 0 Å². The first-order valence-electron chi connectivity index (χ1n) is 6.01. The van der Waals surface area contributed by atoms with Crippen LogP contribution in [0.25, 0.3) is 0 Å². The predicted octanol–water partition coefficient (Wildman–Crippen LogP) is 2.14.